The fraction of sp³-hybridized carbons (Fsp3) is 0.636. The van der Waals surface area contributed by atoms with E-state index < -0.39 is 10.0 Å². The molecule has 6 heteroatoms. The van der Waals surface area contributed by atoms with Crippen molar-refractivity contribution in [2.24, 2.45) is 0 Å². The van der Waals surface area contributed by atoms with E-state index >= 15 is 0 Å². The zero-order valence-electron chi connectivity index (χ0n) is 10.0. The summed E-state index contributed by atoms with van der Waals surface area (Å²) in [5.41, 5.74) is -0.305. The normalized spacial score (nSPS) is 20.9. The van der Waals surface area contributed by atoms with E-state index in [1.165, 1.54) is 11.3 Å². The minimum Gasteiger partial charge on any atom is -0.391 e. The molecule has 1 aromatic heterocycles. The molecule has 0 spiro atoms. The number of thiophene rings is 1. The van der Waals surface area contributed by atoms with Crippen LogP contribution in [0.15, 0.2) is 16.3 Å². The van der Waals surface area contributed by atoms with E-state index in [1.807, 2.05) is 13.8 Å². The molecule has 0 atom stereocenters. The van der Waals surface area contributed by atoms with E-state index in [-0.39, 0.29) is 12.1 Å². The Hall–Kier alpha value is -0.430. The van der Waals surface area contributed by atoms with Crippen molar-refractivity contribution in [2.75, 3.05) is 6.54 Å². The molecule has 0 unspecified atom stereocenters. The van der Waals surface area contributed by atoms with Crippen molar-refractivity contribution < 1.29 is 13.5 Å². The molecule has 96 valence electrons. The number of nitrogens with zero attached hydrogens (tertiary/aromatic N) is 1. The Morgan fingerprint density at radius 1 is 1.53 bits per heavy atom. The van der Waals surface area contributed by atoms with Crippen LogP contribution in [0.25, 0.3) is 0 Å². The second kappa shape index (κ2) is 4.35. The summed E-state index contributed by atoms with van der Waals surface area (Å²) in [4.78, 5) is 0.988. The smallest absolute Gasteiger partial charge is 0.244 e. The van der Waals surface area contributed by atoms with Crippen LogP contribution in [0.4, 0.5) is 0 Å². The van der Waals surface area contributed by atoms with Crippen LogP contribution < -0.4 is 0 Å². The third kappa shape index (κ3) is 2.27. The lowest BCUT2D eigenvalue weighted by molar-refractivity contribution is 0.285. The van der Waals surface area contributed by atoms with Crippen LogP contribution in [0.3, 0.4) is 0 Å². The Morgan fingerprint density at radius 3 is 2.71 bits per heavy atom. The van der Waals surface area contributed by atoms with Gasteiger partial charge >= 0.3 is 0 Å². The molecule has 1 aliphatic rings. The molecule has 1 fully saturated rings. The van der Waals surface area contributed by atoms with E-state index in [2.05, 4.69) is 0 Å². The lowest BCUT2D eigenvalue weighted by Gasteiger charge is -2.30. The minimum atomic E-state index is -3.40. The Bertz CT molecular complexity index is 505. The van der Waals surface area contributed by atoms with Gasteiger partial charge < -0.3 is 5.11 Å². The lowest BCUT2D eigenvalue weighted by atomic mass is 10.0. The van der Waals surface area contributed by atoms with Crippen molar-refractivity contribution >= 4 is 21.4 Å². The summed E-state index contributed by atoms with van der Waals surface area (Å²) in [5.74, 6) is 0. The number of hydrogen-bond donors (Lipinski definition) is 1. The Balaban J connectivity index is 2.36. The zero-order valence-corrected chi connectivity index (χ0v) is 11.6. The monoisotopic (exact) mass is 275 g/mol. The zero-order chi connectivity index (χ0) is 12.7. The maximum atomic E-state index is 12.4. The summed E-state index contributed by atoms with van der Waals surface area (Å²) in [7, 11) is -3.40. The van der Waals surface area contributed by atoms with Crippen LogP contribution in [0.5, 0.6) is 0 Å². The van der Waals surface area contributed by atoms with Crippen molar-refractivity contribution in [3.63, 3.8) is 0 Å². The highest BCUT2D eigenvalue weighted by Gasteiger charge is 2.41. The quantitative estimate of drug-likeness (QED) is 0.915. The van der Waals surface area contributed by atoms with Crippen molar-refractivity contribution in [3.05, 3.63) is 16.3 Å². The number of aliphatic hydroxyl groups is 1. The number of rotatable bonds is 3. The molecule has 1 saturated heterocycles. The third-order valence-electron chi connectivity index (χ3n) is 3.20. The van der Waals surface area contributed by atoms with Crippen molar-refractivity contribution in [1.29, 1.82) is 0 Å². The molecule has 0 bridgehead atoms. The van der Waals surface area contributed by atoms with E-state index in [4.69, 9.17) is 5.11 Å². The van der Waals surface area contributed by atoms with Gasteiger partial charge in [0.1, 0.15) is 0 Å². The standard InChI is InChI=1S/C11H17NO3S2/c1-11(2)4-3-5-12(11)17(14,15)10-6-9(7-13)16-8-10/h6,8,13H,3-5,7H2,1-2H3. The third-order valence-corrected chi connectivity index (χ3v) is 6.36. The van der Waals surface area contributed by atoms with Gasteiger partial charge in [0.05, 0.1) is 11.5 Å². The maximum absolute atomic E-state index is 12.4. The van der Waals surface area contributed by atoms with Gasteiger partial charge in [-0.1, -0.05) is 0 Å². The van der Waals surface area contributed by atoms with Crippen LogP contribution >= 0.6 is 11.3 Å². The van der Waals surface area contributed by atoms with Gasteiger partial charge in [0, 0.05) is 22.3 Å². The number of hydrogen-bond acceptors (Lipinski definition) is 4. The van der Waals surface area contributed by atoms with Crippen LogP contribution in [0, 0.1) is 0 Å². The molecule has 4 nitrogen and oxygen atoms in total. The van der Waals surface area contributed by atoms with Gasteiger partial charge in [-0.05, 0) is 32.8 Å². The fourth-order valence-corrected chi connectivity index (χ4v) is 5.20. The van der Waals surface area contributed by atoms with Crippen molar-refractivity contribution in [1.82, 2.24) is 4.31 Å². The Morgan fingerprint density at radius 2 is 2.24 bits per heavy atom. The van der Waals surface area contributed by atoms with Gasteiger partial charge in [0.2, 0.25) is 10.0 Å². The van der Waals surface area contributed by atoms with E-state index in [0.29, 0.717) is 16.3 Å². The van der Waals surface area contributed by atoms with Gasteiger partial charge in [-0.25, -0.2) is 8.42 Å². The van der Waals surface area contributed by atoms with Crippen molar-refractivity contribution in [3.8, 4) is 0 Å². The summed E-state index contributed by atoms with van der Waals surface area (Å²) >= 11 is 1.28. The SMILES string of the molecule is CC1(C)CCCN1S(=O)(=O)c1csc(CO)c1. The molecule has 1 aromatic rings. The van der Waals surface area contributed by atoms with Gasteiger partial charge in [-0.3, -0.25) is 0 Å². The molecular weight excluding hydrogens is 258 g/mol. The predicted octanol–water partition coefficient (Wildman–Crippen LogP) is 1.80. The van der Waals surface area contributed by atoms with Crippen LogP contribution in [-0.4, -0.2) is 29.9 Å². The molecule has 0 aromatic carbocycles. The molecule has 0 saturated carbocycles. The van der Waals surface area contributed by atoms with E-state index in [1.54, 1.807) is 15.8 Å². The van der Waals surface area contributed by atoms with Crippen LogP contribution in [0.1, 0.15) is 31.6 Å². The molecule has 17 heavy (non-hydrogen) atoms. The Labute approximate surface area is 106 Å². The Kier molecular flexibility index (Phi) is 3.33. The van der Waals surface area contributed by atoms with Crippen LogP contribution in [0.2, 0.25) is 0 Å². The molecule has 2 rings (SSSR count). The fourth-order valence-electron chi connectivity index (χ4n) is 2.23. The van der Waals surface area contributed by atoms with Gasteiger partial charge in [0.25, 0.3) is 0 Å². The first-order valence-corrected chi connectivity index (χ1v) is 7.91. The van der Waals surface area contributed by atoms with E-state index in [9.17, 15) is 8.42 Å². The summed E-state index contributed by atoms with van der Waals surface area (Å²) < 4.78 is 26.4. The first-order valence-electron chi connectivity index (χ1n) is 5.59. The van der Waals surface area contributed by atoms with Gasteiger partial charge in [-0.15, -0.1) is 11.3 Å². The average Bonchev–Trinajstić information content (AvgIpc) is 2.83. The average molecular weight is 275 g/mol. The lowest BCUT2D eigenvalue weighted by Crippen LogP contribution is -2.42. The molecule has 1 N–H and O–H groups in total. The second-order valence-electron chi connectivity index (χ2n) is 4.90. The first-order chi connectivity index (χ1) is 7.88. The molecule has 2 heterocycles. The topological polar surface area (TPSA) is 57.6 Å². The summed E-state index contributed by atoms with van der Waals surface area (Å²) in [6.07, 6.45) is 1.80. The molecule has 0 aliphatic carbocycles. The number of aliphatic hydroxyl groups excluding tert-OH is 1. The van der Waals surface area contributed by atoms with E-state index in [0.717, 1.165) is 12.8 Å². The highest BCUT2D eigenvalue weighted by atomic mass is 32.2. The van der Waals surface area contributed by atoms with Gasteiger partial charge in [0.15, 0.2) is 0 Å². The summed E-state index contributed by atoms with van der Waals surface area (Å²) in [5, 5.41) is 10.6. The number of sulfonamides is 1. The largest absolute Gasteiger partial charge is 0.391 e. The molecule has 0 amide bonds. The van der Waals surface area contributed by atoms with Crippen molar-refractivity contribution in [2.45, 2.75) is 43.7 Å². The highest BCUT2D eigenvalue weighted by Crippen LogP contribution is 2.35. The van der Waals surface area contributed by atoms with Gasteiger partial charge in [-0.2, -0.15) is 4.31 Å². The molecular formula is C11H17NO3S2. The molecule has 1 aliphatic heterocycles. The second-order valence-corrected chi connectivity index (χ2v) is 7.76. The maximum Gasteiger partial charge on any atom is 0.244 e. The first kappa shape index (κ1) is 13.0. The molecule has 0 radical (unpaired) electrons. The summed E-state index contributed by atoms with van der Waals surface area (Å²) in [6.45, 7) is 4.39. The minimum absolute atomic E-state index is 0.108. The summed E-state index contributed by atoms with van der Waals surface area (Å²) in [6, 6.07) is 1.56. The predicted molar refractivity (Wildman–Crippen MR) is 67.4 cm³/mol. The highest BCUT2D eigenvalue weighted by molar-refractivity contribution is 7.89. The van der Waals surface area contributed by atoms with Crippen LogP contribution in [-0.2, 0) is 16.6 Å².